The number of hydrogen-bond donors (Lipinski definition) is 2. The second kappa shape index (κ2) is 8.82. The molecule has 2 rings (SSSR count). The van der Waals surface area contributed by atoms with Crippen molar-refractivity contribution in [1.82, 2.24) is 10.3 Å². The van der Waals surface area contributed by atoms with Crippen LogP contribution in [0.2, 0.25) is 0 Å². The summed E-state index contributed by atoms with van der Waals surface area (Å²) in [6, 6.07) is 12.1. The van der Waals surface area contributed by atoms with Gasteiger partial charge in [-0.2, -0.15) is 0 Å². The normalized spacial score (nSPS) is 12.9. The van der Waals surface area contributed by atoms with E-state index in [4.69, 9.17) is 9.84 Å². The van der Waals surface area contributed by atoms with Crippen molar-refractivity contribution in [3.63, 3.8) is 0 Å². The maximum absolute atomic E-state index is 12.4. The van der Waals surface area contributed by atoms with Crippen molar-refractivity contribution in [2.24, 2.45) is 0 Å². The molecule has 0 aliphatic carbocycles. The van der Waals surface area contributed by atoms with Crippen LogP contribution in [0.3, 0.4) is 0 Å². The van der Waals surface area contributed by atoms with Crippen LogP contribution < -0.4 is 10.1 Å². The zero-order chi connectivity index (χ0) is 18.2. The summed E-state index contributed by atoms with van der Waals surface area (Å²) in [6.45, 7) is 1.95. The lowest BCUT2D eigenvalue weighted by Gasteiger charge is -2.18. The topological polar surface area (TPSA) is 88.5 Å². The van der Waals surface area contributed by atoms with Gasteiger partial charge in [0.15, 0.2) is 0 Å². The largest absolute Gasteiger partial charge is 0.497 e. The van der Waals surface area contributed by atoms with E-state index in [0.29, 0.717) is 5.69 Å². The van der Waals surface area contributed by atoms with E-state index in [1.54, 1.807) is 31.5 Å². The molecule has 2 N–H and O–H groups in total. The molecule has 0 saturated heterocycles. The summed E-state index contributed by atoms with van der Waals surface area (Å²) in [5.74, 6) is -0.490. The number of methoxy groups -OCH3 is 1. The fraction of sp³-hybridized carbons (Fsp3) is 0.316. The van der Waals surface area contributed by atoms with Gasteiger partial charge in [-0.1, -0.05) is 25.1 Å². The van der Waals surface area contributed by atoms with E-state index in [1.807, 2.05) is 31.2 Å². The maximum atomic E-state index is 12.4. The summed E-state index contributed by atoms with van der Waals surface area (Å²) in [5.41, 5.74) is 1.52. The van der Waals surface area contributed by atoms with Gasteiger partial charge in [-0.05, 0) is 35.7 Å². The second-order valence-electron chi connectivity index (χ2n) is 5.85. The van der Waals surface area contributed by atoms with E-state index in [9.17, 15) is 9.59 Å². The number of ether oxygens (including phenoxy) is 1. The number of amides is 1. The molecule has 0 bridgehead atoms. The van der Waals surface area contributed by atoms with Crippen LogP contribution in [0.4, 0.5) is 0 Å². The quantitative estimate of drug-likeness (QED) is 0.770. The van der Waals surface area contributed by atoms with Gasteiger partial charge in [-0.15, -0.1) is 0 Å². The highest BCUT2D eigenvalue weighted by Crippen LogP contribution is 2.24. The molecule has 0 fully saturated rings. The predicted molar refractivity (Wildman–Crippen MR) is 93.4 cm³/mol. The molecule has 0 aliphatic heterocycles. The summed E-state index contributed by atoms with van der Waals surface area (Å²) in [4.78, 5) is 27.6. The first-order valence-electron chi connectivity index (χ1n) is 8.05. The fourth-order valence-corrected chi connectivity index (χ4v) is 2.58. The summed E-state index contributed by atoms with van der Waals surface area (Å²) < 4.78 is 5.20. The average molecular weight is 342 g/mol. The summed E-state index contributed by atoms with van der Waals surface area (Å²) >= 11 is 0. The number of pyridine rings is 1. The van der Waals surface area contributed by atoms with E-state index in [2.05, 4.69) is 10.3 Å². The van der Waals surface area contributed by atoms with Crippen molar-refractivity contribution in [3.8, 4) is 5.75 Å². The zero-order valence-corrected chi connectivity index (χ0v) is 14.3. The fourth-order valence-electron chi connectivity index (χ4n) is 2.58. The second-order valence-corrected chi connectivity index (χ2v) is 5.85. The van der Waals surface area contributed by atoms with Gasteiger partial charge in [0.05, 0.1) is 25.3 Å². The van der Waals surface area contributed by atoms with Crippen molar-refractivity contribution >= 4 is 11.9 Å². The summed E-state index contributed by atoms with van der Waals surface area (Å²) in [7, 11) is 1.60. The number of nitrogens with zero attached hydrogens (tertiary/aromatic N) is 1. The lowest BCUT2D eigenvalue weighted by Crippen LogP contribution is -2.31. The van der Waals surface area contributed by atoms with Crippen molar-refractivity contribution in [1.29, 1.82) is 0 Å². The van der Waals surface area contributed by atoms with Crippen LogP contribution >= 0.6 is 0 Å². The molecule has 0 saturated carbocycles. The lowest BCUT2D eigenvalue weighted by molar-refractivity contribution is -0.137. The first kappa shape index (κ1) is 18.4. The highest BCUT2D eigenvalue weighted by Gasteiger charge is 2.20. The van der Waals surface area contributed by atoms with Crippen LogP contribution in [-0.4, -0.2) is 29.1 Å². The first-order chi connectivity index (χ1) is 12.0. The van der Waals surface area contributed by atoms with Gasteiger partial charge >= 0.3 is 5.97 Å². The Kier molecular flexibility index (Phi) is 6.51. The Balaban J connectivity index is 2.04. The average Bonchev–Trinajstić information content (AvgIpc) is 2.61. The Hall–Kier alpha value is -2.89. The van der Waals surface area contributed by atoms with E-state index in [0.717, 1.165) is 11.3 Å². The minimum Gasteiger partial charge on any atom is -0.497 e. The molecule has 6 nitrogen and oxygen atoms in total. The SMILES string of the molecule is COc1cccc(C(C)CC(=O)NC(CC(=O)O)c2ccccn2)c1. The summed E-state index contributed by atoms with van der Waals surface area (Å²) in [6.07, 6.45) is 1.61. The number of carboxylic acids is 1. The van der Waals surface area contributed by atoms with Crippen molar-refractivity contribution in [2.45, 2.75) is 31.7 Å². The van der Waals surface area contributed by atoms with Crippen LogP contribution in [0.1, 0.15) is 43.0 Å². The third kappa shape index (κ3) is 5.60. The molecule has 0 aliphatic rings. The van der Waals surface area contributed by atoms with Crippen molar-refractivity contribution in [3.05, 3.63) is 59.9 Å². The first-order valence-corrected chi connectivity index (χ1v) is 8.05. The molecular weight excluding hydrogens is 320 g/mol. The molecular formula is C19H22N2O4. The van der Waals surface area contributed by atoms with Crippen molar-refractivity contribution < 1.29 is 19.4 Å². The van der Waals surface area contributed by atoms with Gasteiger partial charge in [0.25, 0.3) is 0 Å². The van der Waals surface area contributed by atoms with Gasteiger partial charge in [0, 0.05) is 12.6 Å². The third-order valence-electron chi connectivity index (χ3n) is 3.91. The molecule has 1 aromatic heterocycles. The molecule has 25 heavy (non-hydrogen) atoms. The Morgan fingerprint density at radius 2 is 2.00 bits per heavy atom. The number of aromatic nitrogens is 1. The molecule has 1 heterocycles. The molecule has 0 radical (unpaired) electrons. The Morgan fingerprint density at radius 1 is 1.20 bits per heavy atom. The molecule has 1 amide bonds. The number of carbonyl (C=O) groups is 2. The standard InChI is InChI=1S/C19H22N2O4/c1-13(14-6-5-7-15(11-14)25-2)10-18(22)21-17(12-19(23)24)16-8-3-4-9-20-16/h3-9,11,13,17H,10,12H2,1-2H3,(H,21,22)(H,23,24). The Morgan fingerprint density at radius 3 is 2.64 bits per heavy atom. The van der Waals surface area contributed by atoms with Gasteiger partial charge in [0.2, 0.25) is 5.91 Å². The van der Waals surface area contributed by atoms with Gasteiger partial charge < -0.3 is 15.2 Å². The van der Waals surface area contributed by atoms with Crippen LogP contribution in [0.15, 0.2) is 48.7 Å². The Labute approximate surface area is 146 Å². The van der Waals surface area contributed by atoms with Crippen LogP contribution in [0.25, 0.3) is 0 Å². The predicted octanol–water partition coefficient (Wildman–Crippen LogP) is 2.92. The van der Waals surface area contributed by atoms with E-state index in [1.165, 1.54) is 0 Å². The number of nitrogens with one attached hydrogen (secondary N) is 1. The number of aliphatic carboxylic acids is 1. The van der Waals surface area contributed by atoms with Gasteiger partial charge in [0.1, 0.15) is 5.75 Å². The highest BCUT2D eigenvalue weighted by atomic mass is 16.5. The molecule has 6 heteroatoms. The Bertz CT molecular complexity index is 718. The number of rotatable bonds is 8. The molecule has 2 aromatic rings. The van der Waals surface area contributed by atoms with Crippen LogP contribution in [0, 0.1) is 0 Å². The number of carboxylic acid groups (broad SMARTS) is 1. The lowest BCUT2D eigenvalue weighted by atomic mass is 9.97. The van der Waals surface area contributed by atoms with Gasteiger partial charge in [-0.25, -0.2) is 0 Å². The minimum atomic E-state index is -0.989. The number of carbonyl (C=O) groups excluding carboxylic acids is 1. The smallest absolute Gasteiger partial charge is 0.305 e. The number of benzene rings is 1. The van der Waals surface area contributed by atoms with E-state index < -0.39 is 12.0 Å². The summed E-state index contributed by atoms with van der Waals surface area (Å²) in [5, 5.41) is 11.9. The monoisotopic (exact) mass is 342 g/mol. The minimum absolute atomic E-state index is 0.0238. The van der Waals surface area contributed by atoms with Gasteiger partial charge in [-0.3, -0.25) is 14.6 Å². The van der Waals surface area contributed by atoms with E-state index >= 15 is 0 Å². The third-order valence-corrected chi connectivity index (χ3v) is 3.91. The van der Waals surface area contributed by atoms with Crippen molar-refractivity contribution in [2.75, 3.05) is 7.11 Å². The molecule has 2 atom stereocenters. The maximum Gasteiger partial charge on any atom is 0.305 e. The van der Waals surface area contributed by atoms with Crippen LogP contribution in [0.5, 0.6) is 5.75 Å². The zero-order valence-electron chi connectivity index (χ0n) is 14.3. The molecule has 1 aromatic carbocycles. The highest BCUT2D eigenvalue weighted by molar-refractivity contribution is 5.78. The number of hydrogen-bond acceptors (Lipinski definition) is 4. The van der Waals surface area contributed by atoms with E-state index in [-0.39, 0.29) is 24.7 Å². The molecule has 0 spiro atoms. The molecule has 2 unspecified atom stereocenters. The molecule has 132 valence electrons. The van der Waals surface area contributed by atoms with Crippen LogP contribution in [-0.2, 0) is 9.59 Å².